The molecule has 0 bridgehead atoms. The lowest BCUT2D eigenvalue weighted by Crippen LogP contribution is -2.23. The first-order valence-corrected chi connectivity index (χ1v) is 7.85. The lowest BCUT2D eigenvalue weighted by atomic mass is 10.1. The summed E-state index contributed by atoms with van der Waals surface area (Å²) >= 11 is 0. The van der Waals surface area contributed by atoms with Crippen LogP contribution < -0.4 is 15.4 Å². The highest BCUT2D eigenvalue weighted by molar-refractivity contribution is 5.96. The Morgan fingerprint density at radius 1 is 1.12 bits per heavy atom. The van der Waals surface area contributed by atoms with E-state index in [1.54, 1.807) is 31.4 Å². The number of methoxy groups -OCH3 is 1. The zero-order chi connectivity index (χ0) is 17.5. The van der Waals surface area contributed by atoms with Gasteiger partial charge in [0.25, 0.3) is 5.91 Å². The first-order valence-electron chi connectivity index (χ1n) is 7.85. The minimum Gasteiger partial charge on any atom is -0.496 e. The largest absolute Gasteiger partial charge is 0.496 e. The minimum absolute atomic E-state index is 0.173. The number of aryl methyl sites for hydroxylation is 1. The molecule has 2 aromatic carbocycles. The number of rotatable bonds is 6. The van der Waals surface area contributed by atoms with E-state index >= 15 is 0 Å². The van der Waals surface area contributed by atoms with Gasteiger partial charge in [0.15, 0.2) is 0 Å². The first kappa shape index (κ1) is 17.5. The van der Waals surface area contributed by atoms with Gasteiger partial charge in [-0.2, -0.15) is 0 Å². The van der Waals surface area contributed by atoms with Crippen molar-refractivity contribution in [3.05, 3.63) is 59.2 Å². The zero-order valence-corrected chi connectivity index (χ0v) is 14.2. The number of amides is 2. The van der Waals surface area contributed by atoms with Gasteiger partial charge in [-0.05, 0) is 36.2 Å². The van der Waals surface area contributed by atoms with Gasteiger partial charge in [0.2, 0.25) is 5.91 Å². The second kappa shape index (κ2) is 8.15. The average molecular weight is 326 g/mol. The van der Waals surface area contributed by atoms with Gasteiger partial charge in [-0.15, -0.1) is 0 Å². The number of hydrogen-bond donors (Lipinski definition) is 2. The highest BCUT2D eigenvalue weighted by atomic mass is 16.5. The van der Waals surface area contributed by atoms with Crippen molar-refractivity contribution in [2.75, 3.05) is 12.4 Å². The lowest BCUT2D eigenvalue weighted by molar-refractivity contribution is -0.114. The zero-order valence-electron chi connectivity index (χ0n) is 14.2. The molecule has 0 fully saturated rings. The van der Waals surface area contributed by atoms with E-state index in [9.17, 15) is 9.59 Å². The quantitative estimate of drug-likeness (QED) is 0.857. The van der Waals surface area contributed by atoms with E-state index < -0.39 is 0 Å². The summed E-state index contributed by atoms with van der Waals surface area (Å²) in [5.41, 5.74) is 3.21. The second-order valence-electron chi connectivity index (χ2n) is 5.44. The summed E-state index contributed by atoms with van der Waals surface area (Å²) in [4.78, 5) is 23.5. The van der Waals surface area contributed by atoms with Crippen LogP contribution in [0.4, 0.5) is 5.69 Å². The van der Waals surface area contributed by atoms with Crippen LogP contribution >= 0.6 is 0 Å². The first-order chi connectivity index (χ1) is 11.5. The maximum atomic E-state index is 12.3. The number of carbonyl (C=O) groups excluding carboxylic acids is 2. The molecule has 0 aliphatic carbocycles. The van der Waals surface area contributed by atoms with E-state index in [1.807, 2.05) is 18.2 Å². The number of benzene rings is 2. The van der Waals surface area contributed by atoms with Crippen LogP contribution in [0.1, 0.15) is 35.3 Å². The maximum absolute atomic E-state index is 12.3. The SMILES string of the molecule is CCc1ccc(OC)c(CNC(=O)c2cccc(NC(C)=O)c2)c1. The molecule has 0 unspecified atom stereocenters. The van der Waals surface area contributed by atoms with Crippen molar-refractivity contribution in [3.63, 3.8) is 0 Å². The monoisotopic (exact) mass is 326 g/mol. The molecule has 0 aromatic heterocycles. The summed E-state index contributed by atoms with van der Waals surface area (Å²) in [7, 11) is 1.61. The Morgan fingerprint density at radius 2 is 1.92 bits per heavy atom. The summed E-state index contributed by atoms with van der Waals surface area (Å²) in [5.74, 6) is 0.374. The summed E-state index contributed by atoms with van der Waals surface area (Å²) in [5, 5.41) is 5.56. The third-order valence-electron chi connectivity index (χ3n) is 3.64. The van der Waals surface area contributed by atoms with Gasteiger partial charge in [0.1, 0.15) is 5.75 Å². The van der Waals surface area contributed by atoms with Crippen molar-refractivity contribution in [2.24, 2.45) is 0 Å². The van der Waals surface area contributed by atoms with Crippen LogP contribution in [0.25, 0.3) is 0 Å². The van der Waals surface area contributed by atoms with E-state index in [1.165, 1.54) is 12.5 Å². The molecule has 2 N–H and O–H groups in total. The number of anilines is 1. The van der Waals surface area contributed by atoms with Gasteiger partial charge in [0, 0.05) is 30.3 Å². The highest BCUT2D eigenvalue weighted by Gasteiger charge is 2.09. The predicted molar refractivity (Wildman–Crippen MR) is 94.3 cm³/mol. The van der Waals surface area contributed by atoms with Crippen LogP contribution in [0.2, 0.25) is 0 Å². The van der Waals surface area contributed by atoms with Crippen LogP contribution in [0.15, 0.2) is 42.5 Å². The molecule has 0 spiro atoms. The number of ether oxygens (including phenoxy) is 1. The molecule has 0 saturated carbocycles. The summed E-state index contributed by atoms with van der Waals surface area (Å²) in [6, 6.07) is 12.8. The molecule has 24 heavy (non-hydrogen) atoms. The fourth-order valence-electron chi connectivity index (χ4n) is 2.41. The van der Waals surface area contributed by atoms with Crippen LogP contribution in [-0.4, -0.2) is 18.9 Å². The fourth-order valence-corrected chi connectivity index (χ4v) is 2.41. The van der Waals surface area contributed by atoms with E-state index in [0.29, 0.717) is 17.8 Å². The Balaban J connectivity index is 2.09. The highest BCUT2D eigenvalue weighted by Crippen LogP contribution is 2.20. The molecule has 2 amide bonds. The van der Waals surface area contributed by atoms with E-state index in [2.05, 4.69) is 17.6 Å². The van der Waals surface area contributed by atoms with Crippen LogP contribution in [0.5, 0.6) is 5.75 Å². The van der Waals surface area contributed by atoms with Gasteiger partial charge in [0.05, 0.1) is 7.11 Å². The van der Waals surface area contributed by atoms with E-state index in [4.69, 9.17) is 4.74 Å². The van der Waals surface area contributed by atoms with Crippen molar-refractivity contribution < 1.29 is 14.3 Å². The van der Waals surface area contributed by atoms with Crippen molar-refractivity contribution >= 4 is 17.5 Å². The van der Waals surface area contributed by atoms with Gasteiger partial charge < -0.3 is 15.4 Å². The number of carbonyl (C=O) groups is 2. The molecular formula is C19H22N2O3. The molecule has 0 radical (unpaired) electrons. The van der Waals surface area contributed by atoms with Crippen molar-refractivity contribution in [2.45, 2.75) is 26.8 Å². The van der Waals surface area contributed by atoms with Crippen LogP contribution in [-0.2, 0) is 17.8 Å². The van der Waals surface area contributed by atoms with Gasteiger partial charge >= 0.3 is 0 Å². The third kappa shape index (κ3) is 4.59. The minimum atomic E-state index is -0.203. The Morgan fingerprint density at radius 3 is 2.58 bits per heavy atom. The molecule has 0 aliphatic rings. The normalized spacial score (nSPS) is 10.1. The average Bonchev–Trinajstić information content (AvgIpc) is 2.59. The molecule has 0 saturated heterocycles. The standard InChI is InChI=1S/C19H22N2O3/c1-4-14-8-9-18(24-3)16(10-14)12-20-19(23)15-6-5-7-17(11-15)21-13(2)22/h5-11H,4,12H2,1-3H3,(H,20,23)(H,21,22). The smallest absolute Gasteiger partial charge is 0.251 e. The van der Waals surface area contributed by atoms with Crippen molar-refractivity contribution in [3.8, 4) is 5.75 Å². The Hall–Kier alpha value is -2.82. The molecule has 2 rings (SSSR count). The molecule has 2 aromatic rings. The van der Waals surface area contributed by atoms with Gasteiger partial charge in [-0.1, -0.05) is 25.1 Å². The number of hydrogen-bond acceptors (Lipinski definition) is 3. The fraction of sp³-hybridized carbons (Fsp3) is 0.263. The topological polar surface area (TPSA) is 67.4 Å². The summed E-state index contributed by atoms with van der Waals surface area (Å²) in [6.07, 6.45) is 0.920. The van der Waals surface area contributed by atoms with Gasteiger partial charge in [-0.25, -0.2) is 0 Å². The van der Waals surface area contributed by atoms with Crippen molar-refractivity contribution in [1.29, 1.82) is 0 Å². The summed E-state index contributed by atoms with van der Waals surface area (Å²) in [6.45, 7) is 3.89. The Bertz CT molecular complexity index is 741. The van der Waals surface area contributed by atoms with Crippen molar-refractivity contribution in [1.82, 2.24) is 5.32 Å². The molecule has 0 heterocycles. The lowest BCUT2D eigenvalue weighted by Gasteiger charge is -2.12. The Kier molecular flexibility index (Phi) is 5.95. The number of nitrogens with one attached hydrogen (secondary N) is 2. The second-order valence-corrected chi connectivity index (χ2v) is 5.44. The molecule has 0 atom stereocenters. The third-order valence-corrected chi connectivity index (χ3v) is 3.64. The van der Waals surface area contributed by atoms with Crippen LogP contribution in [0, 0.1) is 0 Å². The molecule has 0 aliphatic heterocycles. The predicted octanol–water partition coefficient (Wildman–Crippen LogP) is 3.15. The maximum Gasteiger partial charge on any atom is 0.251 e. The van der Waals surface area contributed by atoms with Crippen LogP contribution in [0.3, 0.4) is 0 Å². The van der Waals surface area contributed by atoms with E-state index in [0.717, 1.165) is 17.7 Å². The molecule has 5 nitrogen and oxygen atoms in total. The molecule has 126 valence electrons. The van der Waals surface area contributed by atoms with E-state index in [-0.39, 0.29) is 11.8 Å². The molecule has 5 heteroatoms. The summed E-state index contributed by atoms with van der Waals surface area (Å²) < 4.78 is 5.35. The Labute approximate surface area is 142 Å². The van der Waals surface area contributed by atoms with Gasteiger partial charge in [-0.3, -0.25) is 9.59 Å². The molecular weight excluding hydrogens is 304 g/mol.